The number of hydrogen-bond acceptors (Lipinski definition) is 4. The molecule has 4 N–H and O–H groups in total. The minimum Gasteiger partial charge on any atom is -0.312 e. The minimum atomic E-state index is -0.00501. The van der Waals surface area contributed by atoms with Crippen molar-refractivity contribution in [3.63, 3.8) is 0 Å². The molecule has 0 amide bonds. The molecule has 0 saturated carbocycles. The molecule has 0 saturated heterocycles. The lowest BCUT2D eigenvalue weighted by molar-refractivity contribution is 0.219. The zero-order valence-corrected chi connectivity index (χ0v) is 24.0. The summed E-state index contributed by atoms with van der Waals surface area (Å²) in [5, 5.41) is 15.8. The molecule has 4 atom stereocenters. The second kappa shape index (κ2) is 16.5. The Labute approximate surface area is 203 Å². The van der Waals surface area contributed by atoms with Gasteiger partial charge in [-0.25, -0.2) is 0 Å². The van der Waals surface area contributed by atoms with Crippen molar-refractivity contribution in [3.8, 4) is 0 Å². The van der Waals surface area contributed by atoms with Gasteiger partial charge in [0.15, 0.2) is 0 Å². The van der Waals surface area contributed by atoms with Gasteiger partial charge in [0.05, 0.1) is 5.54 Å². The Morgan fingerprint density at radius 1 is 0.750 bits per heavy atom. The van der Waals surface area contributed by atoms with Gasteiger partial charge in [0.25, 0.3) is 0 Å². The maximum absolute atomic E-state index is 4.04. The average molecular weight is 455 g/mol. The molecule has 0 aromatic carbocycles. The van der Waals surface area contributed by atoms with Crippen LogP contribution in [0.2, 0.25) is 0 Å². The summed E-state index contributed by atoms with van der Waals surface area (Å²) < 4.78 is 0. The lowest BCUT2D eigenvalue weighted by atomic mass is 9.92. The minimum absolute atomic E-state index is 0.00501. The van der Waals surface area contributed by atoms with Crippen molar-refractivity contribution in [2.45, 2.75) is 138 Å². The summed E-state index contributed by atoms with van der Waals surface area (Å²) in [6.45, 7) is 29.6. The van der Waals surface area contributed by atoms with Gasteiger partial charge >= 0.3 is 0 Å². The Kier molecular flexibility index (Phi) is 16.4. The fourth-order valence-corrected chi connectivity index (χ4v) is 4.43. The van der Waals surface area contributed by atoms with Crippen molar-refractivity contribution in [2.75, 3.05) is 26.2 Å². The molecule has 0 rings (SSSR count). The highest BCUT2D eigenvalue weighted by molar-refractivity contribution is 4.98. The summed E-state index contributed by atoms with van der Waals surface area (Å²) in [4.78, 5) is 0. The van der Waals surface area contributed by atoms with Crippen molar-refractivity contribution in [3.05, 3.63) is 0 Å². The van der Waals surface area contributed by atoms with Gasteiger partial charge in [-0.15, -0.1) is 0 Å². The molecule has 0 radical (unpaired) electrons. The topological polar surface area (TPSA) is 48.1 Å². The van der Waals surface area contributed by atoms with E-state index in [1.807, 2.05) is 0 Å². The maximum atomic E-state index is 4.04. The average Bonchev–Trinajstić information content (AvgIpc) is 2.70. The van der Waals surface area contributed by atoms with Crippen molar-refractivity contribution < 1.29 is 0 Å². The van der Waals surface area contributed by atoms with E-state index >= 15 is 0 Å². The molecule has 0 heterocycles. The third-order valence-corrected chi connectivity index (χ3v) is 7.11. The van der Waals surface area contributed by atoms with Crippen LogP contribution >= 0.6 is 0 Å². The smallest absolute Gasteiger partial charge is 0.0558 e. The molecule has 0 spiro atoms. The Hall–Kier alpha value is -0.160. The largest absolute Gasteiger partial charge is 0.312 e. The van der Waals surface area contributed by atoms with Gasteiger partial charge in [0.1, 0.15) is 0 Å². The van der Waals surface area contributed by atoms with Crippen molar-refractivity contribution in [2.24, 2.45) is 17.8 Å². The van der Waals surface area contributed by atoms with Crippen LogP contribution in [0.1, 0.15) is 115 Å². The first kappa shape index (κ1) is 31.8. The van der Waals surface area contributed by atoms with Gasteiger partial charge in [-0.2, -0.15) is 0 Å². The molecule has 4 unspecified atom stereocenters. The van der Waals surface area contributed by atoms with Crippen LogP contribution in [0, 0.1) is 17.8 Å². The van der Waals surface area contributed by atoms with Gasteiger partial charge in [-0.1, -0.05) is 61.3 Å². The third-order valence-electron chi connectivity index (χ3n) is 7.11. The first-order chi connectivity index (χ1) is 14.9. The molecule has 0 aromatic rings. The Morgan fingerprint density at radius 3 is 1.91 bits per heavy atom. The zero-order chi connectivity index (χ0) is 24.8. The zero-order valence-electron chi connectivity index (χ0n) is 24.0. The predicted octanol–water partition coefficient (Wildman–Crippen LogP) is 5.97. The highest BCUT2D eigenvalue weighted by atomic mass is 15.1. The van der Waals surface area contributed by atoms with E-state index in [2.05, 4.69) is 97.4 Å². The molecule has 0 aliphatic heterocycles. The first-order valence-electron chi connectivity index (χ1n) is 13.8. The SMILES string of the molecule is CCCC(C)(C)NCC(CNC(C)CC(C)C)(CNC(C)C(C)CC)NCCCC(C)C. The molecule has 0 aromatic heterocycles. The van der Waals surface area contributed by atoms with E-state index in [1.165, 1.54) is 38.5 Å². The van der Waals surface area contributed by atoms with Crippen molar-refractivity contribution in [1.29, 1.82) is 0 Å². The normalized spacial score (nSPS) is 17.5. The van der Waals surface area contributed by atoms with Gasteiger partial charge < -0.3 is 21.3 Å². The Bertz CT molecular complexity index is 449. The summed E-state index contributed by atoms with van der Waals surface area (Å²) in [7, 11) is 0. The molecule has 32 heavy (non-hydrogen) atoms. The maximum Gasteiger partial charge on any atom is 0.0558 e. The summed E-state index contributed by atoms with van der Waals surface area (Å²) in [5.41, 5.74) is 0.153. The molecule has 194 valence electrons. The van der Waals surface area contributed by atoms with Crippen LogP contribution in [0.25, 0.3) is 0 Å². The molecule has 0 aliphatic carbocycles. The van der Waals surface area contributed by atoms with Gasteiger partial charge in [-0.05, 0) is 77.7 Å². The van der Waals surface area contributed by atoms with Crippen LogP contribution in [0.4, 0.5) is 0 Å². The molecule has 4 nitrogen and oxygen atoms in total. The highest BCUT2D eigenvalue weighted by Gasteiger charge is 2.32. The van der Waals surface area contributed by atoms with Crippen molar-refractivity contribution in [1.82, 2.24) is 21.3 Å². The lowest BCUT2D eigenvalue weighted by Crippen LogP contribution is -2.66. The van der Waals surface area contributed by atoms with E-state index in [0.29, 0.717) is 18.0 Å². The summed E-state index contributed by atoms with van der Waals surface area (Å²) in [6.07, 6.45) is 7.36. The van der Waals surface area contributed by atoms with Gasteiger partial charge in [0, 0.05) is 37.3 Å². The van der Waals surface area contributed by atoms with E-state index in [1.54, 1.807) is 0 Å². The van der Waals surface area contributed by atoms with E-state index in [-0.39, 0.29) is 11.1 Å². The van der Waals surface area contributed by atoms with E-state index in [4.69, 9.17) is 0 Å². The van der Waals surface area contributed by atoms with E-state index < -0.39 is 0 Å². The molecule has 0 bridgehead atoms. The molecule has 4 heteroatoms. The molecular formula is C28H62N4. The van der Waals surface area contributed by atoms with Crippen LogP contribution in [-0.4, -0.2) is 49.3 Å². The van der Waals surface area contributed by atoms with Crippen molar-refractivity contribution >= 4 is 0 Å². The monoisotopic (exact) mass is 454 g/mol. The fourth-order valence-electron chi connectivity index (χ4n) is 4.43. The van der Waals surface area contributed by atoms with E-state index in [0.717, 1.165) is 38.0 Å². The first-order valence-corrected chi connectivity index (χ1v) is 13.8. The standard InChI is InChI=1S/C28H62N4/c1-12-16-27(10,11)32-21-28(31-17-14-15-22(3)4,19-29-25(8)18-23(5)6)20-30-26(9)24(7)13-2/h22-26,29-32H,12-21H2,1-11H3. The second-order valence-corrected chi connectivity index (χ2v) is 12.2. The van der Waals surface area contributed by atoms with Crippen LogP contribution in [0.15, 0.2) is 0 Å². The van der Waals surface area contributed by atoms with Crippen LogP contribution in [-0.2, 0) is 0 Å². The van der Waals surface area contributed by atoms with Crippen LogP contribution < -0.4 is 21.3 Å². The molecule has 0 fully saturated rings. The Morgan fingerprint density at radius 2 is 1.38 bits per heavy atom. The van der Waals surface area contributed by atoms with Crippen LogP contribution in [0.5, 0.6) is 0 Å². The third kappa shape index (κ3) is 14.9. The summed E-state index contributed by atoms with van der Waals surface area (Å²) in [6, 6.07) is 1.05. The highest BCUT2D eigenvalue weighted by Crippen LogP contribution is 2.15. The molecular weight excluding hydrogens is 392 g/mol. The summed E-state index contributed by atoms with van der Waals surface area (Å²) in [5.74, 6) is 2.17. The Balaban J connectivity index is 5.49. The number of nitrogens with one attached hydrogen (secondary N) is 4. The van der Waals surface area contributed by atoms with Crippen LogP contribution in [0.3, 0.4) is 0 Å². The quantitative estimate of drug-likeness (QED) is 0.171. The number of rotatable bonds is 20. The second-order valence-electron chi connectivity index (χ2n) is 12.2. The van der Waals surface area contributed by atoms with Gasteiger partial charge in [-0.3, -0.25) is 0 Å². The van der Waals surface area contributed by atoms with E-state index in [9.17, 15) is 0 Å². The van der Waals surface area contributed by atoms with Gasteiger partial charge in [0.2, 0.25) is 0 Å². The predicted molar refractivity (Wildman–Crippen MR) is 146 cm³/mol. The molecule has 0 aliphatic rings. The lowest BCUT2D eigenvalue weighted by Gasteiger charge is -2.41. The fraction of sp³-hybridized carbons (Fsp3) is 1.00. The number of hydrogen-bond donors (Lipinski definition) is 4. The summed E-state index contributed by atoms with van der Waals surface area (Å²) >= 11 is 0.